The van der Waals surface area contributed by atoms with E-state index in [1.54, 1.807) is 18.4 Å². The summed E-state index contributed by atoms with van der Waals surface area (Å²) in [6.07, 6.45) is 0. The second kappa shape index (κ2) is 5.49. The molecular weight excluding hydrogens is 256 g/mol. The van der Waals surface area contributed by atoms with Gasteiger partial charge >= 0.3 is 0 Å². The number of thiazole rings is 1. The number of halogens is 1. The van der Waals surface area contributed by atoms with Crippen LogP contribution in [-0.4, -0.2) is 19.1 Å². The lowest BCUT2D eigenvalue weighted by Crippen LogP contribution is -2.03. The number of rotatable bonds is 4. The quantitative estimate of drug-likeness (QED) is 0.925. The van der Waals surface area contributed by atoms with Crippen LogP contribution in [-0.2, 0) is 6.54 Å². The Morgan fingerprint density at radius 2 is 2.29 bits per heavy atom. The average Bonchev–Trinajstić information content (AvgIpc) is 2.72. The molecule has 1 aromatic heterocycles. The van der Waals surface area contributed by atoms with Crippen molar-refractivity contribution >= 4 is 22.9 Å². The number of nitrogens with one attached hydrogen (secondary N) is 1. The zero-order valence-corrected chi connectivity index (χ0v) is 11.2. The van der Waals surface area contributed by atoms with E-state index in [4.69, 9.17) is 16.3 Å². The Hall–Kier alpha value is -1.10. The van der Waals surface area contributed by atoms with E-state index in [0.717, 1.165) is 27.7 Å². The zero-order valence-electron chi connectivity index (χ0n) is 9.66. The highest BCUT2D eigenvalue weighted by Gasteiger charge is 2.10. The number of hydrogen-bond donors (Lipinski definition) is 1. The van der Waals surface area contributed by atoms with Crippen LogP contribution in [0.5, 0.6) is 5.75 Å². The maximum Gasteiger partial charge on any atom is 0.145 e. The normalized spacial score (nSPS) is 10.5. The summed E-state index contributed by atoms with van der Waals surface area (Å²) in [4.78, 5) is 5.41. The van der Waals surface area contributed by atoms with E-state index >= 15 is 0 Å². The first-order valence-corrected chi connectivity index (χ1v) is 6.38. The van der Waals surface area contributed by atoms with Gasteiger partial charge in [-0.15, -0.1) is 11.3 Å². The van der Waals surface area contributed by atoms with Gasteiger partial charge in [0.15, 0.2) is 0 Å². The minimum atomic E-state index is 0.571. The average molecular weight is 269 g/mol. The van der Waals surface area contributed by atoms with Crippen molar-refractivity contribution in [2.75, 3.05) is 14.2 Å². The fraction of sp³-hybridized carbons (Fsp3) is 0.250. The second-order valence-electron chi connectivity index (χ2n) is 3.50. The van der Waals surface area contributed by atoms with Crippen molar-refractivity contribution in [3.05, 3.63) is 34.3 Å². The summed E-state index contributed by atoms with van der Waals surface area (Å²) in [5, 5.41) is 4.56. The molecule has 17 heavy (non-hydrogen) atoms. The summed E-state index contributed by atoms with van der Waals surface area (Å²) < 4.78 is 5.19. The van der Waals surface area contributed by atoms with E-state index in [1.165, 1.54) is 0 Å². The summed E-state index contributed by atoms with van der Waals surface area (Å²) in [5.74, 6) is 0.823. The van der Waals surface area contributed by atoms with Crippen LogP contribution in [0.2, 0.25) is 5.15 Å². The van der Waals surface area contributed by atoms with Gasteiger partial charge in [-0.05, 0) is 19.2 Å². The van der Waals surface area contributed by atoms with Gasteiger partial charge in [0.1, 0.15) is 15.9 Å². The van der Waals surface area contributed by atoms with Crippen molar-refractivity contribution in [3.63, 3.8) is 0 Å². The predicted octanol–water partition coefficient (Wildman–Crippen LogP) is 3.19. The number of benzene rings is 1. The first kappa shape index (κ1) is 12.4. The van der Waals surface area contributed by atoms with E-state index in [-0.39, 0.29) is 0 Å². The highest BCUT2D eigenvalue weighted by Crippen LogP contribution is 2.32. The summed E-state index contributed by atoms with van der Waals surface area (Å²) in [5.41, 5.74) is 1.03. The standard InChI is InChI=1S/C12H13ClN2OS/c1-14-7-10-11(13)15-12(17-10)8-4-3-5-9(6-8)16-2/h3-6,14H,7H2,1-2H3. The minimum Gasteiger partial charge on any atom is -0.497 e. The van der Waals surface area contributed by atoms with Crippen LogP contribution >= 0.6 is 22.9 Å². The van der Waals surface area contributed by atoms with Gasteiger partial charge in [0.05, 0.1) is 12.0 Å². The molecule has 3 nitrogen and oxygen atoms in total. The minimum absolute atomic E-state index is 0.571. The van der Waals surface area contributed by atoms with Gasteiger partial charge in [0.2, 0.25) is 0 Å². The molecule has 0 aliphatic carbocycles. The molecule has 0 spiro atoms. The third kappa shape index (κ3) is 2.77. The van der Waals surface area contributed by atoms with Crippen molar-refractivity contribution in [2.45, 2.75) is 6.54 Å². The van der Waals surface area contributed by atoms with Crippen LogP contribution in [0, 0.1) is 0 Å². The summed E-state index contributed by atoms with van der Waals surface area (Å²) >= 11 is 7.67. The Kier molecular flexibility index (Phi) is 3.99. The molecule has 2 rings (SSSR count). The van der Waals surface area contributed by atoms with Crippen LogP contribution in [0.15, 0.2) is 24.3 Å². The van der Waals surface area contributed by atoms with Gasteiger partial charge in [0.25, 0.3) is 0 Å². The lowest BCUT2D eigenvalue weighted by Gasteiger charge is -2.00. The van der Waals surface area contributed by atoms with E-state index in [2.05, 4.69) is 10.3 Å². The Bertz CT molecular complexity index is 513. The van der Waals surface area contributed by atoms with E-state index in [9.17, 15) is 0 Å². The third-order valence-corrected chi connectivity index (χ3v) is 3.83. The monoisotopic (exact) mass is 268 g/mol. The summed E-state index contributed by atoms with van der Waals surface area (Å²) in [6, 6.07) is 7.81. The molecule has 0 saturated carbocycles. The molecule has 2 aromatic rings. The molecule has 5 heteroatoms. The predicted molar refractivity (Wildman–Crippen MR) is 71.9 cm³/mol. The third-order valence-electron chi connectivity index (χ3n) is 2.30. The molecule has 0 amide bonds. The first-order chi connectivity index (χ1) is 8.24. The highest BCUT2D eigenvalue weighted by atomic mass is 35.5. The maximum absolute atomic E-state index is 6.08. The molecule has 0 unspecified atom stereocenters. The molecule has 0 saturated heterocycles. The van der Waals surface area contributed by atoms with Gasteiger partial charge in [-0.3, -0.25) is 0 Å². The number of nitrogens with zero attached hydrogens (tertiary/aromatic N) is 1. The Morgan fingerprint density at radius 1 is 1.47 bits per heavy atom. The fourth-order valence-corrected chi connectivity index (χ4v) is 2.76. The van der Waals surface area contributed by atoms with Gasteiger partial charge in [-0.2, -0.15) is 0 Å². The molecule has 90 valence electrons. The van der Waals surface area contributed by atoms with E-state index in [1.807, 2.05) is 31.3 Å². The van der Waals surface area contributed by atoms with Crippen molar-refractivity contribution in [1.29, 1.82) is 0 Å². The highest BCUT2D eigenvalue weighted by molar-refractivity contribution is 7.15. The molecule has 1 heterocycles. The first-order valence-electron chi connectivity index (χ1n) is 5.19. The van der Waals surface area contributed by atoms with Crippen molar-refractivity contribution in [1.82, 2.24) is 10.3 Å². The second-order valence-corrected chi connectivity index (χ2v) is 4.94. The molecule has 1 aromatic carbocycles. The lowest BCUT2D eigenvalue weighted by molar-refractivity contribution is 0.415. The topological polar surface area (TPSA) is 34.1 Å². The van der Waals surface area contributed by atoms with Crippen LogP contribution in [0.1, 0.15) is 4.88 Å². The summed E-state index contributed by atoms with van der Waals surface area (Å²) in [6.45, 7) is 0.737. The van der Waals surface area contributed by atoms with E-state index in [0.29, 0.717) is 5.15 Å². The summed E-state index contributed by atoms with van der Waals surface area (Å²) in [7, 11) is 3.54. The van der Waals surface area contributed by atoms with Gasteiger partial charge in [-0.25, -0.2) is 4.98 Å². The fourth-order valence-electron chi connectivity index (χ4n) is 1.48. The molecule has 1 N–H and O–H groups in total. The molecule has 0 bridgehead atoms. The van der Waals surface area contributed by atoms with Gasteiger partial charge in [0, 0.05) is 12.1 Å². The SMILES string of the molecule is CNCc1sc(-c2cccc(OC)c2)nc1Cl. The van der Waals surface area contributed by atoms with E-state index < -0.39 is 0 Å². The van der Waals surface area contributed by atoms with Crippen LogP contribution < -0.4 is 10.1 Å². The number of ether oxygens (including phenoxy) is 1. The van der Waals surface area contributed by atoms with Gasteiger partial charge < -0.3 is 10.1 Å². The molecular formula is C12H13ClN2OS. The van der Waals surface area contributed by atoms with Crippen molar-refractivity contribution in [2.24, 2.45) is 0 Å². The zero-order chi connectivity index (χ0) is 12.3. The Balaban J connectivity index is 2.35. The van der Waals surface area contributed by atoms with Crippen molar-refractivity contribution in [3.8, 4) is 16.3 Å². The lowest BCUT2D eigenvalue weighted by atomic mass is 10.2. The molecule has 0 aliphatic rings. The smallest absolute Gasteiger partial charge is 0.145 e. The van der Waals surface area contributed by atoms with Crippen LogP contribution in [0.4, 0.5) is 0 Å². The molecule has 0 aliphatic heterocycles. The van der Waals surface area contributed by atoms with Crippen molar-refractivity contribution < 1.29 is 4.74 Å². The van der Waals surface area contributed by atoms with Crippen LogP contribution in [0.25, 0.3) is 10.6 Å². The maximum atomic E-state index is 6.08. The Labute approximate surface area is 109 Å². The number of methoxy groups -OCH3 is 1. The largest absolute Gasteiger partial charge is 0.497 e. The molecule has 0 fully saturated rings. The van der Waals surface area contributed by atoms with Crippen LogP contribution in [0.3, 0.4) is 0 Å². The van der Waals surface area contributed by atoms with Gasteiger partial charge in [-0.1, -0.05) is 23.7 Å². The molecule has 0 atom stereocenters. The number of hydrogen-bond acceptors (Lipinski definition) is 4. The Morgan fingerprint density at radius 3 is 3.00 bits per heavy atom. The molecule has 0 radical (unpaired) electrons. The number of aromatic nitrogens is 1.